The first-order valence-corrected chi connectivity index (χ1v) is 6.02. The van der Waals surface area contributed by atoms with Crippen molar-refractivity contribution in [3.05, 3.63) is 47.3 Å². The van der Waals surface area contributed by atoms with Crippen LogP contribution in [0, 0.1) is 11.3 Å². The minimum absolute atomic E-state index is 0.0426. The first kappa shape index (κ1) is 10.6. The number of hydrogen-bond donors (Lipinski definition) is 0. The van der Waals surface area contributed by atoms with E-state index in [2.05, 4.69) is 31.7 Å². The van der Waals surface area contributed by atoms with Gasteiger partial charge in [-0.1, -0.05) is 31.2 Å². The Morgan fingerprint density at radius 2 is 2.29 bits per heavy atom. The zero-order valence-electron chi connectivity index (χ0n) is 10.2. The third kappa shape index (κ3) is 1.36. The highest BCUT2D eigenvalue weighted by Gasteiger charge is 2.42. The van der Waals surface area contributed by atoms with Crippen molar-refractivity contribution in [3.63, 3.8) is 0 Å². The Bertz CT molecular complexity index is 519. The summed E-state index contributed by atoms with van der Waals surface area (Å²) in [5.74, 6) is 0.976. The van der Waals surface area contributed by atoms with Gasteiger partial charge in [-0.05, 0) is 31.8 Å². The van der Waals surface area contributed by atoms with E-state index in [-0.39, 0.29) is 11.4 Å². The molecule has 0 spiro atoms. The third-order valence-electron chi connectivity index (χ3n) is 4.21. The third-order valence-corrected chi connectivity index (χ3v) is 4.21. The second-order valence-corrected chi connectivity index (χ2v) is 5.39. The average Bonchev–Trinajstić information content (AvgIpc) is 2.52. The van der Waals surface area contributed by atoms with Gasteiger partial charge >= 0.3 is 5.97 Å². The van der Waals surface area contributed by atoms with Crippen LogP contribution in [0.25, 0.3) is 0 Å². The molecule has 2 nitrogen and oxygen atoms in total. The fraction of sp³-hybridized carbons (Fsp3) is 0.400. The quantitative estimate of drug-likeness (QED) is 0.470. The van der Waals surface area contributed by atoms with E-state index >= 15 is 0 Å². The van der Waals surface area contributed by atoms with Crippen molar-refractivity contribution in [2.75, 3.05) is 0 Å². The topological polar surface area (TPSA) is 26.3 Å². The van der Waals surface area contributed by atoms with E-state index < -0.39 is 0 Å². The molecular formula is C15H16O2. The van der Waals surface area contributed by atoms with Gasteiger partial charge in [0.1, 0.15) is 5.76 Å². The highest BCUT2D eigenvalue weighted by molar-refractivity contribution is 5.94. The highest BCUT2D eigenvalue weighted by Crippen LogP contribution is 2.51. The lowest BCUT2D eigenvalue weighted by Crippen LogP contribution is -2.31. The van der Waals surface area contributed by atoms with Crippen molar-refractivity contribution >= 4 is 5.97 Å². The van der Waals surface area contributed by atoms with Crippen LogP contribution in [0.3, 0.4) is 0 Å². The van der Waals surface area contributed by atoms with E-state index in [0.29, 0.717) is 5.92 Å². The Hall–Kier alpha value is -1.57. The number of carbonyl (C=O) groups is 1. The summed E-state index contributed by atoms with van der Waals surface area (Å²) < 4.78 is 5.31. The van der Waals surface area contributed by atoms with E-state index in [0.717, 1.165) is 29.7 Å². The second kappa shape index (κ2) is 3.22. The van der Waals surface area contributed by atoms with Crippen LogP contribution in [0.5, 0.6) is 0 Å². The molecule has 0 saturated carbocycles. The first-order chi connectivity index (χ1) is 8.01. The van der Waals surface area contributed by atoms with Gasteiger partial charge in [0, 0.05) is 16.6 Å². The molecule has 3 rings (SSSR count). The molecule has 0 aromatic rings. The number of ether oxygens (including phenoxy) is 1. The molecule has 0 bridgehead atoms. The van der Waals surface area contributed by atoms with Gasteiger partial charge in [-0.3, -0.25) is 0 Å². The summed E-state index contributed by atoms with van der Waals surface area (Å²) in [5.41, 5.74) is 3.05. The Labute approximate surface area is 101 Å². The maximum Gasteiger partial charge on any atom is 0.339 e. The zero-order chi connectivity index (χ0) is 12.2. The van der Waals surface area contributed by atoms with Crippen molar-refractivity contribution in [3.8, 4) is 0 Å². The molecule has 2 atom stereocenters. The van der Waals surface area contributed by atoms with Crippen molar-refractivity contribution < 1.29 is 9.53 Å². The Morgan fingerprint density at radius 3 is 3.06 bits per heavy atom. The number of hydrogen-bond acceptors (Lipinski definition) is 2. The van der Waals surface area contributed by atoms with Crippen LogP contribution < -0.4 is 0 Å². The molecule has 0 aromatic carbocycles. The standard InChI is InChI=1S/C15H16O2/c1-9-5-4-6-15(3)8-13-11(7-12(9)15)10(2)14(16)17-13/h4,6,8,12H,1,5,7H2,2-3H3. The van der Waals surface area contributed by atoms with Gasteiger partial charge in [0.25, 0.3) is 0 Å². The molecule has 2 unspecified atom stereocenters. The van der Waals surface area contributed by atoms with Gasteiger partial charge in [-0.25, -0.2) is 4.79 Å². The second-order valence-electron chi connectivity index (χ2n) is 5.39. The normalized spacial score (nSPS) is 35.4. The number of allylic oxidation sites excluding steroid dienone is 5. The van der Waals surface area contributed by atoms with Crippen LogP contribution >= 0.6 is 0 Å². The molecule has 88 valence electrons. The SMILES string of the molecule is C=C1CC=CC2(C)C=C3OC(=O)C(C)=C3CC12. The Balaban J connectivity index is 2.14. The molecule has 0 fully saturated rings. The van der Waals surface area contributed by atoms with Crippen molar-refractivity contribution in [1.82, 2.24) is 0 Å². The van der Waals surface area contributed by atoms with Gasteiger partial charge in [0.2, 0.25) is 0 Å². The summed E-state index contributed by atoms with van der Waals surface area (Å²) in [6, 6.07) is 0. The van der Waals surface area contributed by atoms with Gasteiger partial charge in [0.15, 0.2) is 0 Å². The molecule has 17 heavy (non-hydrogen) atoms. The maximum atomic E-state index is 11.6. The van der Waals surface area contributed by atoms with Crippen LogP contribution in [0.4, 0.5) is 0 Å². The lowest BCUT2D eigenvalue weighted by atomic mass is 9.63. The first-order valence-electron chi connectivity index (χ1n) is 6.02. The van der Waals surface area contributed by atoms with Crippen molar-refractivity contribution in [2.45, 2.75) is 26.7 Å². The number of rotatable bonds is 0. The predicted octanol–water partition coefficient (Wildman–Crippen LogP) is 3.29. The lowest BCUT2D eigenvalue weighted by Gasteiger charge is -2.40. The van der Waals surface area contributed by atoms with E-state index in [1.54, 1.807) is 0 Å². The predicted molar refractivity (Wildman–Crippen MR) is 66.0 cm³/mol. The molecule has 2 aliphatic carbocycles. The summed E-state index contributed by atoms with van der Waals surface area (Å²) in [6.45, 7) is 8.21. The van der Waals surface area contributed by atoms with Crippen LogP contribution in [-0.2, 0) is 9.53 Å². The summed E-state index contributed by atoms with van der Waals surface area (Å²) >= 11 is 0. The Morgan fingerprint density at radius 1 is 1.53 bits per heavy atom. The summed E-state index contributed by atoms with van der Waals surface area (Å²) in [5, 5.41) is 0. The van der Waals surface area contributed by atoms with E-state index in [1.165, 1.54) is 5.57 Å². The monoisotopic (exact) mass is 228 g/mol. The van der Waals surface area contributed by atoms with Crippen molar-refractivity contribution in [1.29, 1.82) is 0 Å². The lowest BCUT2D eigenvalue weighted by molar-refractivity contribution is -0.133. The molecule has 0 amide bonds. The van der Waals surface area contributed by atoms with E-state index in [4.69, 9.17) is 4.74 Å². The maximum absolute atomic E-state index is 11.6. The summed E-state index contributed by atoms with van der Waals surface area (Å²) in [4.78, 5) is 11.6. The molecule has 1 aliphatic heterocycles. The fourth-order valence-corrected chi connectivity index (χ4v) is 3.08. The fourth-order valence-electron chi connectivity index (χ4n) is 3.08. The van der Waals surface area contributed by atoms with Gasteiger partial charge in [-0.15, -0.1) is 0 Å². The largest absolute Gasteiger partial charge is 0.423 e. The number of carbonyl (C=O) groups excluding carboxylic acids is 1. The molecule has 0 N–H and O–H groups in total. The molecule has 2 heteroatoms. The molecule has 1 heterocycles. The number of esters is 1. The molecular weight excluding hydrogens is 212 g/mol. The van der Waals surface area contributed by atoms with Gasteiger partial charge in [0.05, 0.1) is 0 Å². The molecule has 0 aromatic heterocycles. The molecule has 0 saturated heterocycles. The van der Waals surface area contributed by atoms with Crippen LogP contribution in [0.1, 0.15) is 26.7 Å². The molecule has 3 aliphatic rings. The van der Waals surface area contributed by atoms with Crippen LogP contribution in [0.2, 0.25) is 0 Å². The molecule has 0 radical (unpaired) electrons. The summed E-state index contributed by atoms with van der Waals surface area (Å²) in [6.07, 6.45) is 8.30. The average molecular weight is 228 g/mol. The smallest absolute Gasteiger partial charge is 0.339 e. The van der Waals surface area contributed by atoms with Crippen LogP contribution in [-0.4, -0.2) is 5.97 Å². The van der Waals surface area contributed by atoms with Gasteiger partial charge in [-0.2, -0.15) is 0 Å². The minimum atomic E-state index is -0.192. The zero-order valence-corrected chi connectivity index (χ0v) is 10.2. The van der Waals surface area contributed by atoms with Gasteiger partial charge < -0.3 is 4.74 Å². The highest BCUT2D eigenvalue weighted by atomic mass is 16.5. The van der Waals surface area contributed by atoms with E-state index in [1.807, 2.05) is 6.92 Å². The Kier molecular flexibility index (Phi) is 2.00. The summed E-state index contributed by atoms with van der Waals surface area (Å²) in [7, 11) is 0. The van der Waals surface area contributed by atoms with Crippen LogP contribution in [0.15, 0.2) is 47.3 Å². The van der Waals surface area contributed by atoms with Crippen molar-refractivity contribution in [2.24, 2.45) is 11.3 Å². The van der Waals surface area contributed by atoms with E-state index in [9.17, 15) is 4.79 Å². The minimum Gasteiger partial charge on any atom is -0.423 e. The number of fused-ring (bicyclic) bond motifs is 2.